The van der Waals surface area contributed by atoms with Gasteiger partial charge in [-0.2, -0.15) is 5.10 Å². The molecule has 0 spiro atoms. The lowest BCUT2D eigenvalue weighted by atomic mass is 10.1. The van der Waals surface area contributed by atoms with Gasteiger partial charge in [-0.15, -0.1) is 11.8 Å². The summed E-state index contributed by atoms with van der Waals surface area (Å²) in [6.07, 6.45) is 4.97. The summed E-state index contributed by atoms with van der Waals surface area (Å²) >= 11 is 1.46. The molecule has 1 aromatic carbocycles. The molecule has 2 aromatic rings. The van der Waals surface area contributed by atoms with Crippen molar-refractivity contribution in [1.82, 2.24) is 19.7 Å². The maximum Gasteiger partial charge on any atom is 0.311 e. The zero-order valence-corrected chi connectivity index (χ0v) is 15.8. The molecule has 0 atom stereocenters. The number of methoxy groups -OCH3 is 1. The van der Waals surface area contributed by atoms with Gasteiger partial charge in [0.15, 0.2) is 5.75 Å². The maximum atomic E-state index is 12.4. The topological polar surface area (TPSA) is 103 Å². The Morgan fingerprint density at radius 2 is 2.19 bits per heavy atom. The summed E-state index contributed by atoms with van der Waals surface area (Å²) in [4.78, 5) is 28.9. The summed E-state index contributed by atoms with van der Waals surface area (Å²) in [5.74, 6) is 1.22. The van der Waals surface area contributed by atoms with Crippen molar-refractivity contribution in [2.75, 3.05) is 26.0 Å². The molecule has 27 heavy (non-hydrogen) atoms. The van der Waals surface area contributed by atoms with Crippen LogP contribution in [0.3, 0.4) is 0 Å². The number of rotatable bonds is 7. The molecule has 0 unspecified atom stereocenters. The van der Waals surface area contributed by atoms with Crippen molar-refractivity contribution in [2.45, 2.75) is 24.6 Å². The number of nitro benzene ring substituents is 1. The predicted octanol–water partition coefficient (Wildman–Crippen LogP) is 2.29. The standard InChI is InChI=1S/C17H21N5O4S/c1-26-16-3-2-13(8-15(16)22(24)25)9-27-10-17(23)20-6-4-14(5-7-20)21-12-18-11-19-21/h2-3,8,11-12,14H,4-7,9-10H2,1H3. The monoisotopic (exact) mass is 391 g/mol. The molecule has 144 valence electrons. The van der Waals surface area contributed by atoms with Crippen molar-refractivity contribution in [2.24, 2.45) is 0 Å². The molecule has 3 rings (SSSR count). The number of thioether (sulfide) groups is 1. The van der Waals surface area contributed by atoms with Gasteiger partial charge in [-0.25, -0.2) is 9.67 Å². The van der Waals surface area contributed by atoms with Crippen molar-refractivity contribution in [3.63, 3.8) is 0 Å². The van der Waals surface area contributed by atoms with E-state index in [9.17, 15) is 14.9 Å². The number of carbonyl (C=O) groups excluding carboxylic acids is 1. The normalized spacial score (nSPS) is 14.9. The van der Waals surface area contributed by atoms with Gasteiger partial charge in [0.2, 0.25) is 5.91 Å². The van der Waals surface area contributed by atoms with Gasteiger partial charge >= 0.3 is 5.69 Å². The van der Waals surface area contributed by atoms with E-state index in [1.54, 1.807) is 18.5 Å². The average Bonchev–Trinajstić information content (AvgIpc) is 3.22. The molecule has 1 amide bonds. The van der Waals surface area contributed by atoms with Crippen molar-refractivity contribution < 1.29 is 14.5 Å². The average molecular weight is 391 g/mol. The molecule has 1 aliphatic heterocycles. The van der Waals surface area contributed by atoms with Crippen molar-refractivity contribution in [1.29, 1.82) is 0 Å². The molecule has 0 N–H and O–H groups in total. The minimum atomic E-state index is -0.461. The van der Waals surface area contributed by atoms with Crippen LogP contribution in [0.2, 0.25) is 0 Å². The Hall–Kier alpha value is -2.62. The largest absolute Gasteiger partial charge is 0.490 e. The van der Waals surface area contributed by atoms with E-state index in [1.165, 1.54) is 31.3 Å². The van der Waals surface area contributed by atoms with Crippen LogP contribution in [0.25, 0.3) is 0 Å². The third kappa shape index (κ3) is 4.76. The number of piperidine rings is 1. The first-order chi connectivity index (χ1) is 13.1. The van der Waals surface area contributed by atoms with Crippen molar-refractivity contribution in [3.05, 3.63) is 46.5 Å². The Morgan fingerprint density at radius 3 is 2.81 bits per heavy atom. The number of hydrogen-bond acceptors (Lipinski definition) is 7. The molecule has 1 fully saturated rings. The van der Waals surface area contributed by atoms with Gasteiger partial charge in [0, 0.05) is 24.9 Å². The van der Waals surface area contributed by atoms with E-state index in [-0.39, 0.29) is 17.3 Å². The van der Waals surface area contributed by atoms with Crippen LogP contribution in [0.1, 0.15) is 24.4 Å². The summed E-state index contributed by atoms with van der Waals surface area (Å²) in [6.45, 7) is 1.41. The maximum absolute atomic E-state index is 12.4. The Labute approximate surface area is 160 Å². The van der Waals surface area contributed by atoms with E-state index in [0.717, 1.165) is 18.4 Å². The molecular weight excluding hydrogens is 370 g/mol. The molecule has 0 saturated carbocycles. The van der Waals surface area contributed by atoms with Gasteiger partial charge in [-0.05, 0) is 24.5 Å². The Balaban J connectivity index is 1.46. The number of nitro groups is 1. The third-order valence-corrected chi connectivity index (χ3v) is 5.55. The number of carbonyl (C=O) groups is 1. The van der Waals surface area contributed by atoms with Crippen LogP contribution in [0.5, 0.6) is 5.75 Å². The highest BCUT2D eigenvalue weighted by Gasteiger charge is 2.24. The first kappa shape index (κ1) is 19.2. The molecule has 1 aliphatic rings. The summed E-state index contributed by atoms with van der Waals surface area (Å²) in [5.41, 5.74) is 0.738. The lowest BCUT2D eigenvalue weighted by Crippen LogP contribution is -2.40. The van der Waals surface area contributed by atoms with Crippen LogP contribution < -0.4 is 4.74 Å². The number of likely N-dealkylation sites (tertiary alicyclic amines) is 1. The fourth-order valence-electron chi connectivity index (χ4n) is 3.10. The lowest BCUT2D eigenvalue weighted by Gasteiger charge is -2.31. The molecule has 1 saturated heterocycles. The van der Waals surface area contributed by atoms with E-state index in [0.29, 0.717) is 30.6 Å². The molecule has 10 heteroatoms. The number of nitrogens with zero attached hydrogens (tertiary/aromatic N) is 5. The smallest absolute Gasteiger partial charge is 0.311 e. The Kier molecular flexibility index (Phi) is 6.28. The quantitative estimate of drug-likeness (QED) is 0.527. The van der Waals surface area contributed by atoms with Crippen molar-refractivity contribution >= 4 is 23.4 Å². The minimum Gasteiger partial charge on any atom is -0.490 e. The van der Waals surface area contributed by atoms with Gasteiger partial charge < -0.3 is 9.64 Å². The molecule has 2 heterocycles. The van der Waals surface area contributed by atoms with E-state index in [4.69, 9.17) is 4.74 Å². The SMILES string of the molecule is COc1ccc(CSCC(=O)N2CCC(n3cncn3)CC2)cc1[N+](=O)[O-]. The summed E-state index contributed by atoms with van der Waals surface area (Å²) in [5, 5.41) is 15.2. The fourth-order valence-corrected chi connectivity index (χ4v) is 3.98. The zero-order chi connectivity index (χ0) is 19.2. The van der Waals surface area contributed by atoms with Crippen LogP contribution in [0.15, 0.2) is 30.9 Å². The van der Waals surface area contributed by atoms with Crippen LogP contribution >= 0.6 is 11.8 Å². The molecule has 9 nitrogen and oxygen atoms in total. The van der Waals surface area contributed by atoms with E-state index >= 15 is 0 Å². The van der Waals surface area contributed by atoms with Crippen LogP contribution in [-0.2, 0) is 10.5 Å². The Morgan fingerprint density at radius 1 is 1.41 bits per heavy atom. The second-order valence-corrected chi connectivity index (χ2v) is 7.23. The van der Waals surface area contributed by atoms with E-state index < -0.39 is 4.92 Å². The van der Waals surface area contributed by atoms with Crippen LogP contribution in [0.4, 0.5) is 5.69 Å². The van der Waals surface area contributed by atoms with Crippen molar-refractivity contribution in [3.8, 4) is 5.75 Å². The van der Waals surface area contributed by atoms with Gasteiger partial charge in [-0.3, -0.25) is 14.9 Å². The summed E-state index contributed by atoms with van der Waals surface area (Å²) in [6, 6.07) is 5.17. The highest BCUT2D eigenvalue weighted by molar-refractivity contribution is 7.99. The minimum absolute atomic E-state index is 0.0582. The molecule has 1 aromatic heterocycles. The Bertz CT molecular complexity index is 791. The fraction of sp³-hybridized carbons (Fsp3) is 0.471. The lowest BCUT2D eigenvalue weighted by molar-refractivity contribution is -0.385. The molecule has 0 bridgehead atoms. The number of amides is 1. The highest BCUT2D eigenvalue weighted by atomic mass is 32.2. The molecule has 0 radical (unpaired) electrons. The summed E-state index contributed by atoms with van der Waals surface area (Å²) < 4.78 is 6.85. The molecular formula is C17H21N5O4S. The van der Waals surface area contributed by atoms with Crippen LogP contribution in [-0.4, -0.2) is 56.4 Å². The second kappa shape index (κ2) is 8.85. The summed E-state index contributed by atoms with van der Waals surface area (Å²) in [7, 11) is 1.40. The number of ether oxygens (including phenoxy) is 1. The number of aromatic nitrogens is 3. The second-order valence-electron chi connectivity index (χ2n) is 6.24. The molecule has 0 aliphatic carbocycles. The van der Waals surface area contributed by atoms with E-state index in [2.05, 4.69) is 10.1 Å². The first-order valence-electron chi connectivity index (χ1n) is 8.59. The van der Waals surface area contributed by atoms with Gasteiger partial charge in [0.05, 0.1) is 23.8 Å². The van der Waals surface area contributed by atoms with Gasteiger partial charge in [0.1, 0.15) is 12.7 Å². The van der Waals surface area contributed by atoms with Gasteiger partial charge in [-0.1, -0.05) is 6.07 Å². The highest BCUT2D eigenvalue weighted by Crippen LogP contribution is 2.29. The first-order valence-corrected chi connectivity index (χ1v) is 9.75. The number of benzene rings is 1. The predicted molar refractivity (Wildman–Crippen MR) is 101 cm³/mol. The third-order valence-electron chi connectivity index (χ3n) is 4.56. The zero-order valence-electron chi connectivity index (χ0n) is 15.0. The van der Waals surface area contributed by atoms with Gasteiger partial charge in [0.25, 0.3) is 0 Å². The number of hydrogen-bond donors (Lipinski definition) is 0. The van der Waals surface area contributed by atoms with Crippen LogP contribution in [0, 0.1) is 10.1 Å². The van der Waals surface area contributed by atoms with E-state index in [1.807, 2.05) is 9.58 Å².